The van der Waals surface area contributed by atoms with Crippen molar-refractivity contribution in [2.45, 2.75) is 20.3 Å². The first-order valence-corrected chi connectivity index (χ1v) is 5.55. The quantitative estimate of drug-likeness (QED) is 0.569. The summed E-state index contributed by atoms with van der Waals surface area (Å²) in [7, 11) is 3.91. The van der Waals surface area contributed by atoms with E-state index in [9.17, 15) is 0 Å². The third kappa shape index (κ3) is 9.96. The minimum absolute atomic E-state index is 0.801. The van der Waals surface area contributed by atoms with Gasteiger partial charge in [0.05, 0.1) is 6.61 Å². The van der Waals surface area contributed by atoms with Crippen LogP contribution in [0.1, 0.15) is 20.3 Å². The smallest absolute Gasteiger partial charge is 0.0587 e. The monoisotopic (exact) mass is 202 g/mol. The molecule has 0 fully saturated rings. The van der Waals surface area contributed by atoms with E-state index in [1.807, 2.05) is 0 Å². The first-order valence-electron chi connectivity index (χ1n) is 5.55. The van der Waals surface area contributed by atoms with Crippen LogP contribution in [0.15, 0.2) is 0 Å². The molecule has 0 rings (SSSR count). The molecule has 0 aliphatic heterocycles. The molecule has 0 aromatic carbocycles. The number of rotatable bonds is 9. The largest absolute Gasteiger partial charge is 0.383 e. The van der Waals surface area contributed by atoms with Gasteiger partial charge in [0, 0.05) is 26.7 Å². The van der Waals surface area contributed by atoms with Crippen molar-refractivity contribution in [1.82, 2.24) is 10.2 Å². The Morgan fingerprint density at radius 2 is 1.93 bits per heavy atom. The lowest BCUT2D eigenvalue weighted by Gasteiger charge is -2.17. The molecule has 14 heavy (non-hydrogen) atoms. The number of hydrogen-bond donors (Lipinski definition) is 1. The second-order valence-corrected chi connectivity index (χ2v) is 4.23. The van der Waals surface area contributed by atoms with Gasteiger partial charge in [-0.15, -0.1) is 0 Å². The topological polar surface area (TPSA) is 24.5 Å². The maximum absolute atomic E-state index is 4.95. The summed E-state index contributed by atoms with van der Waals surface area (Å²) in [5, 5.41) is 3.34. The van der Waals surface area contributed by atoms with E-state index >= 15 is 0 Å². The summed E-state index contributed by atoms with van der Waals surface area (Å²) < 4.78 is 4.95. The van der Waals surface area contributed by atoms with Crippen molar-refractivity contribution in [3.05, 3.63) is 0 Å². The third-order valence-corrected chi connectivity index (χ3v) is 2.24. The molecule has 0 aromatic rings. The Labute approximate surface area is 88.8 Å². The summed E-state index contributed by atoms with van der Waals surface area (Å²) >= 11 is 0. The molecule has 0 amide bonds. The highest BCUT2D eigenvalue weighted by Crippen LogP contribution is 1.99. The van der Waals surface area contributed by atoms with Crippen LogP contribution in [0.25, 0.3) is 0 Å². The molecule has 0 atom stereocenters. The SMILES string of the molecule is COCCNCCN(C)CCC(C)C. The van der Waals surface area contributed by atoms with E-state index in [-0.39, 0.29) is 0 Å². The third-order valence-electron chi connectivity index (χ3n) is 2.24. The highest BCUT2D eigenvalue weighted by atomic mass is 16.5. The molecule has 86 valence electrons. The molecule has 3 nitrogen and oxygen atoms in total. The van der Waals surface area contributed by atoms with Gasteiger partial charge in [-0.25, -0.2) is 0 Å². The number of nitrogens with one attached hydrogen (secondary N) is 1. The molecule has 0 aliphatic carbocycles. The zero-order valence-corrected chi connectivity index (χ0v) is 10.2. The van der Waals surface area contributed by atoms with Crippen molar-refractivity contribution in [2.24, 2.45) is 5.92 Å². The Hall–Kier alpha value is -0.120. The lowest BCUT2D eigenvalue weighted by atomic mass is 10.1. The van der Waals surface area contributed by atoms with E-state index in [4.69, 9.17) is 4.74 Å². The molecule has 1 N–H and O–H groups in total. The Kier molecular flexibility index (Phi) is 9.35. The summed E-state index contributed by atoms with van der Waals surface area (Å²) in [5.74, 6) is 0.805. The molecule has 0 saturated carbocycles. The van der Waals surface area contributed by atoms with Crippen molar-refractivity contribution >= 4 is 0 Å². The fraction of sp³-hybridized carbons (Fsp3) is 1.00. The van der Waals surface area contributed by atoms with Crippen LogP contribution in [0, 0.1) is 5.92 Å². The van der Waals surface area contributed by atoms with E-state index < -0.39 is 0 Å². The summed E-state index contributed by atoms with van der Waals surface area (Å²) in [6, 6.07) is 0. The van der Waals surface area contributed by atoms with Crippen molar-refractivity contribution in [3.8, 4) is 0 Å². The predicted molar refractivity (Wildman–Crippen MR) is 61.7 cm³/mol. The van der Waals surface area contributed by atoms with Crippen molar-refractivity contribution < 1.29 is 4.74 Å². The maximum atomic E-state index is 4.95. The maximum Gasteiger partial charge on any atom is 0.0587 e. The summed E-state index contributed by atoms with van der Waals surface area (Å²) in [4.78, 5) is 2.37. The van der Waals surface area contributed by atoms with Crippen molar-refractivity contribution in [2.75, 3.05) is 46.9 Å². The first kappa shape index (κ1) is 13.9. The van der Waals surface area contributed by atoms with Crippen LogP contribution in [0.3, 0.4) is 0 Å². The lowest BCUT2D eigenvalue weighted by molar-refractivity contribution is 0.197. The second kappa shape index (κ2) is 9.44. The summed E-state index contributed by atoms with van der Waals surface area (Å²) in [6.45, 7) is 9.66. The van der Waals surface area contributed by atoms with Gasteiger partial charge >= 0.3 is 0 Å². The van der Waals surface area contributed by atoms with Gasteiger partial charge in [-0.3, -0.25) is 0 Å². The molecule has 0 aromatic heterocycles. The van der Waals surface area contributed by atoms with Gasteiger partial charge in [0.15, 0.2) is 0 Å². The molecule has 0 heterocycles. The van der Waals surface area contributed by atoms with Gasteiger partial charge in [0.25, 0.3) is 0 Å². The van der Waals surface area contributed by atoms with E-state index in [1.165, 1.54) is 13.0 Å². The van der Waals surface area contributed by atoms with Gasteiger partial charge in [-0.1, -0.05) is 13.8 Å². The first-order chi connectivity index (χ1) is 6.66. The molecule has 0 radical (unpaired) electrons. The van der Waals surface area contributed by atoms with Crippen molar-refractivity contribution in [1.29, 1.82) is 0 Å². The van der Waals surface area contributed by atoms with E-state index in [0.717, 1.165) is 32.2 Å². The van der Waals surface area contributed by atoms with Crippen LogP contribution in [-0.2, 0) is 4.74 Å². The number of likely N-dealkylation sites (N-methyl/N-ethyl adjacent to an activating group) is 1. The molecule has 0 bridgehead atoms. The average molecular weight is 202 g/mol. The van der Waals surface area contributed by atoms with Gasteiger partial charge in [0.2, 0.25) is 0 Å². The van der Waals surface area contributed by atoms with Gasteiger partial charge < -0.3 is 15.0 Å². The van der Waals surface area contributed by atoms with Crippen LogP contribution in [0.2, 0.25) is 0 Å². The van der Waals surface area contributed by atoms with Gasteiger partial charge in [0.1, 0.15) is 0 Å². The summed E-state index contributed by atoms with van der Waals surface area (Å²) in [6.07, 6.45) is 1.29. The van der Waals surface area contributed by atoms with Crippen LogP contribution in [0.4, 0.5) is 0 Å². The fourth-order valence-corrected chi connectivity index (χ4v) is 1.16. The molecular formula is C11H26N2O. The minimum Gasteiger partial charge on any atom is -0.383 e. The lowest BCUT2D eigenvalue weighted by Crippen LogP contribution is -2.31. The zero-order chi connectivity index (χ0) is 10.8. The Morgan fingerprint density at radius 1 is 1.21 bits per heavy atom. The number of nitrogens with zero attached hydrogens (tertiary/aromatic N) is 1. The van der Waals surface area contributed by atoms with Gasteiger partial charge in [-0.05, 0) is 25.9 Å². The van der Waals surface area contributed by atoms with E-state index in [1.54, 1.807) is 7.11 Å². The Bertz CT molecular complexity index is 118. The zero-order valence-electron chi connectivity index (χ0n) is 10.2. The highest BCUT2D eigenvalue weighted by Gasteiger charge is 1.99. The number of ether oxygens (including phenoxy) is 1. The predicted octanol–water partition coefficient (Wildman–Crippen LogP) is 1.20. The normalized spacial score (nSPS) is 11.6. The van der Waals surface area contributed by atoms with Crippen LogP contribution in [0.5, 0.6) is 0 Å². The fourth-order valence-electron chi connectivity index (χ4n) is 1.16. The molecule has 0 spiro atoms. The molecule has 3 heteroatoms. The van der Waals surface area contributed by atoms with Crippen LogP contribution >= 0.6 is 0 Å². The molecular weight excluding hydrogens is 176 g/mol. The van der Waals surface area contributed by atoms with Crippen LogP contribution < -0.4 is 5.32 Å². The minimum atomic E-state index is 0.801. The van der Waals surface area contributed by atoms with E-state index in [0.29, 0.717) is 0 Å². The van der Waals surface area contributed by atoms with E-state index in [2.05, 4.69) is 31.1 Å². The number of hydrogen-bond acceptors (Lipinski definition) is 3. The molecule has 0 saturated heterocycles. The Morgan fingerprint density at radius 3 is 2.50 bits per heavy atom. The van der Waals surface area contributed by atoms with Crippen molar-refractivity contribution in [3.63, 3.8) is 0 Å². The van der Waals surface area contributed by atoms with Gasteiger partial charge in [-0.2, -0.15) is 0 Å². The second-order valence-electron chi connectivity index (χ2n) is 4.23. The standard InChI is InChI=1S/C11H26N2O/c1-11(2)5-8-13(3)9-6-12-7-10-14-4/h11-12H,5-10H2,1-4H3. The van der Waals surface area contributed by atoms with Crippen LogP contribution in [-0.4, -0.2) is 51.8 Å². The molecule has 0 unspecified atom stereocenters. The average Bonchev–Trinajstić information content (AvgIpc) is 2.14. The summed E-state index contributed by atoms with van der Waals surface area (Å²) in [5.41, 5.74) is 0. The highest BCUT2D eigenvalue weighted by molar-refractivity contribution is 4.56. The Balaban J connectivity index is 3.14. The number of methoxy groups -OCH3 is 1. The molecule has 0 aliphatic rings.